The minimum Gasteiger partial charge on any atom is -0.496 e. The lowest BCUT2D eigenvalue weighted by atomic mass is 10.1. The van der Waals surface area contributed by atoms with E-state index in [9.17, 15) is 4.79 Å². The van der Waals surface area contributed by atoms with E-state index in [1.807, 2.05) is 42.5 Å². The monoisotopic (exact) mass is 299 g/mol. The Morgan fingerprint density at radius 3 is 2.59 bits per heavy atom. The molecule has 2 aromatic rings. The van der Waals surface area contributed by atoms with Crippen LogP contribution in [0, 0.1) is 0 Å². The van der Waals surface area contributed by atoms with Crippen molar-refractivity contribution in [3.05, 3.63) is 59.7 Å². The minimum absolute atomic E-state index is 0.000201. The number of nitrogens with one attached hydrogen (secondary N) is 1. The topological polar surface area (TPSA) is 47.6 Å². The first-order valence-corrected chi connectivity index (χ1v) is 7.33. The maximum atomic E-state index is 11.9. The van der Waals surface area contributed by atoms with E-state index >= 15 is 0 Å². The zero-order valence-corrected chi connectivity index (χ0v) is 13.0. The summed E-state index contributed by atoms with van der Waals surface area (Å²) in [5.74, 6) is 1.30. The van der Waals surface area contributed by atoms with Crippen LogP contribution < -0.4 is 14.8 Å². The van der Waals surface area contributed by atoms with Crippen LogP contribution in [-0.4, -0.2) is 19.6 Å². The molecule has 0 spiro atoms. The first-order valence-electron chi connectivity index (χ1n) is 7.33. The molecule has 4 nitrogen and oxygen atoms in total. The Kier molecular flexibility index (Phi) is 5.83. The molecule has 116 valence electrons. The van der Waals surface area contributed by atoms with Crippen LogP contribution in [0.15, 0.2) is 48.5 Å². The third-order valence-electron chi connectivity index (χ3n) is 3.34. The second-order valence-corrected chi connectivity index (χ2v) is 4.88. The van der Waals surface area contributed by atoms with Gasteiger partial charge in [0.15, 0.2) is 6.61 Å². The van der Waals surface area contributed by atoms with Crippen molar-refractivity contribution in [3.63, 3.8) is 0 Å². The van der Waals surface area contributed by atoms with E-state index in [1.165, 1.54) is 5.56 Å². The van der Waals surface area contributed by atoms with Crippen LogP contribution in [0.4, 0.5) is 0 Å². The molecule has 0 saturated heterocycles. The Hall–Kier alpha value is -2.49. The fourth-order valence-electron chi connectivity index (χ4n) is 2.10. The Labute approximate surface area is 131 Å². The van der Waals surface area contributed by atoms with Crippen molar-refractivity contribution in [1.29, 1.82) is 0 Å². The van der Waals surface area contributed by atoms with Crippen molar-refractivity contribution < 1.29 is 14.3 Å². The van der Waals surface area contributed by atoms with Gasteiger partial charge in [0, 0.05) is 12.1 Å². The molecular formula is C18H21NO3. The SMILES string of the molecule is CCc1ccc(OC)c(CNC(=O)COc2ccccc2)c1. The number of amides is 1. The number of methoxy groups -OCH3 is 1. The van der Waals surface area contributed by atoms with E-state index in [-0.39, 0.29) is 12.5 Å². The van der Waals surface area contributed by atoms with Gasteiger partial charge in [-0.2, -0.15) is 0 Å². The van der Waals surface area contributed by atoms with Gasteiger partial charge in [0.1, 0.15) is 11.5 Å². The maximum absolute atomic E-state index is 11.9. The molecule has 0 aliphatic rings. The molecule has 0 aliphatic heterocycles. The van der Waals surface area contributed by atoms with Gasteiger partial charge in [-0.1, -0.05) is 37.3 Å². The number of ether oxygens (including phenoxy) is 2. The minimum atomic E-state index is -0.159. The normalized spacial score (nSPS) is 10.1. The Balaban J connectivity index is 1.88. The lowest BCUT2D eigenvalue weighted by molar-refractivity contribution is -0.123. The summed E-state index contributed by atoms with van der Waals surface area (Å²) in [5.41, 5.74) is 2.18. The molecule has 0 fully saturated rings. The van der Waals surface area contributed by atoms with Gasteiger partial charge in [0.05, 0.1) is 7.11 Å². The molecule has 2 aromatic carbocycles. The Morgan fingerprint density at radius 1 is 1.14 bits per heavy atom. The van der Waals surface area contributed by atoms with Crippen LogP contribution >= 0.6 is 0 Å². The fraction of sp³-hybridized carbons (Fsp3) is 0.278. The largest absolute Gasteiger partial charge is 0.496 e. The van der Waals surface area contributed by atoms with Gasteiger partial charge in [0.2, 0.25) is 0 Å². The number of rotatable bonds is 7. The first kappa shape index (κ1) is 15.9. The molecule has 1 N–H and O–H groups in total. The molecule has 0 bridgehead atoms. The molecule has 0 atom stereocenters. The van der Waals surface area contributed by atoms with E-state index in [2.05, 4.69) is 18.3 Å². The molecule has 2 rings (SSSR count). The molecule has 0 unspecified atom stereocenters. The van der Waals surface area contributed by atoms with Gasteiger partial charge in [-0.3, -0.25) is 4.79 Å². The molecule has 0 saturated carbocycles. The third-order valence-corrected chi connectivity index (χ3v) is 3.34. The number of hydrogen-bond donors (Lipinski definition) is 1. The van der Waals surface area contributed by atoms with Gasteiger partial charge in [0.25, 0.3) is 5.91 Å². The van der Waals surface area contributed by atoms with Crippen molar-refractivity contribution >= 4 is 5.91 Å². The summed E-state index contributed by atoms with van der Waals surface area (Å²) in [7, 11) is 1.63. The van der Waals surface area contributed by atoms with Gasteiger partial charge in [-0.15, -0.1) is 0 Å². The summed E-state index contributed by atoms with van der Waals surface area (Å²) in [6.45, 7) is 2.52. The summed E-state index contributed by atoms with van der Waals surface area (Å²) in [6.07, 6.45) is 0.946. The second-order valence-electron chi connectivity index (χ2n) is 4.88. The van der Waals surface area contributed by atoms with E-state index in [1.54, 1.807) is 7.11 Å². The number of para-hydroxylation sites is 1. The molecule has 0 aromatic heterocycles. The third kappa shape index (κ3) is 4.52. The average Bonchev–Trinajstić information content (AvgIpc) is 2.58. The molecular weight excluding hydrogens is 278 g/mol. The number of aryl methyl sites for hydroxylation is 1. The number of carbonyl (C=O) groups excluding carboxylic acids is 1. The highest BCUT2D eigenvalue weighted by molar-refractivity contribution is 5.77. The van der Waals surface area contributed by atoms with Crippen LogP contribution in [0.5, 0.6) is 11.5 Å². The predicted molar refractivity (Wildman–Crippen MR) is 86.2 cm³/mol. The lowest BCUT2D eigenvalue weighted by Gasteiger charge is -2.12. The highest BCUT2D eigenvalue weighted by atomic mass is 16.5. The van der Waals surface area contributed by atoms with Crippen LogP contribution in [-0.2, 0) is 17.8 Å². The zero-order chi connectivity index (χ0) is 15.8. The van der Waals surface area contributed by atoms with E-state index in [0.717, 1.165) is 17.7 Å². The van der Waals surface area contributed by atoms with Crippen molar-refractivity contribution in [2.45, 2.75) is 19.9 Å². The molecule has 0 heterocycles. The Morgan fingerprint density at radius 2 is 1.91 bits per heavy atom. The van der Waals surface area contributed by atoms with Gasteiger partial charge in [-0.25, -0.2) is 0 Å². The first-order chi connectivity index (χ1) is 10.7. The van der Waals surface area contributed by atoms with E-state index < -0.39 is 0 Å². The van der Waals surface area contributed by atoms with Gasteiger partial charge < -0.3 is 14.8 Å². The number of benzene rings is 2. The van der Waals surface area contributed by atoms with Gasteiger partial charge in [-0.05, 0) is 30.2 Å². The quantitative estimate of drug-likeness (QED) is 0.855. The highest BCUT2D eigenvalue weighted by Crippen LogP contribution is 2.20. The molecule has 0 aliphatic carbocycles. The molecule has 22 heavy (non-hydrogen) atoms. The second kappa shape index (κ2) is 8.08. The van der Waals surface area contributed by atoms with Crippen LogP contribution in [0.1, 0.15) is 18.1 Å². The lowest BCUT2D eigenvalue weighted by Crippen LogP contribution is -2.28. The smallest absolute Gasteiger partial charge is 0.258 e. The summed E-state index contributed by atoms with van der Waals surface area (Å²) in [5, 5.41) is 2.85. The summed E-state index contributed by atoms with van der Waals surface area (Å²) >= 11 is 0. The predicted octanol–water partition coefficient (Wildman–Crippen LogP) is 2.95. The summed E-state index contributed by atoms with van der Waals surface area (Å²) < 4.78 is 10.7. The number of carbonyl (C=O) groups is 1. The summed E-state index contributed by atoms with van der Waals surface area (Å²) in [4.78, 5) is 11.9. The van der Waals surface area contributed by atoms with Crippen molar-refractivity contribution in [2.24, 2.45) is 0 Å². The number of hydrogen-bond acceptors (Lipinski definition) is 3. The van der Waals surface area contributed by atoms with Crippen molar-refractivity contribution in [3.8, 4) is 11.5 Å². The standard InChI is InChI=1S/C18H21NO3/c1-3-14-9-10-17(21-2)15(11-14)12-19-18(20)13-22-16-7-5-4-6-8-16/h4-11H,3,12-13H2,1-2H3,(H,19,20). The van der Waals surface area contributed by atoms with Gasteiger partial charge >= 0.3 is 0 Å². The van der Waals surface area contributed by atoms with E-state index in [4.69, 9.17) is 9.47 Å². The van der Waals surface area contributed by atoms with Crippen LogP contribution in [0.25, 0.3) is 0 Å². The fourth-order valence-corrected chi connectivity index (χ4v) is 2.10. The molecule has 4 heteroatoms. The Bertz CT molecular complexity index is 611. The molecule has 0 radical (unpaired) electrons. The van der Waals surface area contributed by atoms with Crippen molar-refractivity contribution in [1.82, 2.24) is 5.32 Å². The zero-order valence-electron chi connectivity index (χ0n) is 13.0. The maximum Gasteiger partial charge on any atom is 0.258 e. The van der Waals surface area contributed by atoms with Crippen LogP contribution in [0.2, 0.25) is 0 Å². The molecule has 1 amide bonds. The van der Waals surface area contributed by atoms with E-state index in [0.29, 0.717) is 12.3 Å². The van der Waals surface area contributed by atoms with Crippen molar-refractivity contribution in [2.75, 3.05) is 13.7 Å². The summed E-state index contributed by atoms with van der Waals surface area (Å²) in [6, 6.07) is 15.3. The van der Waals surface area contributed by atoms with Crippen LogP contribution in [0.3, 0.4) is 0 Å². The average molecular weight is 299 g/mol. The highest BCUT2D eigenvalue weighted by Gasteiger charge is 2.07.